The Kier molecular flexibility index (Phi) is 1.61. The first-order chi connectivity index (χ1) is 5.68. The summed E-state index contributed by atoms with van der Waals surface area (Å²) >= 11 is 3.22. The minimum absolute atomic E-state index is 0.599. The summed E-state index contributed by atoms with van der Waals surface area (Å²) in [5, 5.41) is 4.16. The van der Waals surface area contributed by atoms with Crippen molar-refractivity contribution in [1.29, 1.82) is 0 Å². The molecule has 0 aliphatic rings. The number of hydrogen-bond donors (Lipinski definition) is 0. The van der Waals surface area contributed by atoms with Crippen LogP contribution in [-0.4, -0.2) is 19.6 Å². The molecule has 4 nitrogen and oxygen atoms in total. The fourth-order valence-corrected chi connectivity index (χ4v) is 1.40. The van der Waals surface area contributed by atoms with Gasteiger partial charge in [0.2, 0.25) is 4.73 Å². The van der Waals surface area contributed by atoms with Crippen LogP contribution < -0.4 is 0 Å². The zero-order valence-corrected chi connectivity index (χ0v) is 8.33. The van der Waals surface area contributed by atoms with Gasteiger partial charge in [-0.3, -0.25) is 4.98 Å². The lowest BCUT2D eigenvalue weighted by Crippen LogP contribution is -1.97. The van der Waals surface area contributed by atoms with Gasteiger partial charge in [-0.25, -0.2) is 4.52 Å². The molecular weight excluding hydrogens is 220 g/mol. The monoisotopic (exact) mass is 226 g/mol. The first kappa shape index (κ1) is 7.67. The minimum Gasteiger partial charge on any atom is -0.256 e. The summed E-state index contributed by atoms with van der Waals surface area (Å²) in [7, 11) is 0. The molecule has 62 valence electrons. The molecule has 2 heterocycles. The molecule has 2 aromatic rings. The zero-order valence-electron chi connectivity index (χ0n) is 6.74. The number of aromatic nitrogens is 4. The summed E-state index contributed by atoms with van der Waals surface area (Å²) in [4.78, 5) is 8.36. The van der Waals surface area contributed by atoms with Crippen molar-refractivity contribution >= 4 is 21.6 Å². The largest absolute Gasteiger partial charge is 0.256 e. The lowest BCUT2D eigenvalue weighted by molar-refractivity contribution is 0.879. The van der Waals surface area contributed by atoms with Gasteiger partial charge in [-0.15, -0.1) is 5.10 Å². The van der Waals surface area contributed by atoms with Crippen LogP contribution in [0.15, 0.2) is 10.9 Å². The molecule has 12 heavy (non-hydrogen) atoms. The van der Waals surface area contributed by atoms with Crippen molar-refractivity contribution in [3.63, 3.8) is 0 Å². The van der Waals surface area contributed by atoms with Crippen molar-refractivity contribution in [2.24, 2.45) is 0 Å². The molecule has 2 rings (SSSR count). The summed E-state index contributed by atoms with van der Waals surface area (Å²) in [5.74, 6) is 0. The van der Waals surface area contributed by atoms with E-state index in [1.54, 1.807) is 10.7 Å². The van der Waals surface area contributed by atoms with Gasteiger partial charge < -0.3 is 0 Å². The zero-order chi connectivity index (χ0) is 8.72. The quantitative estimate of drug-likeness (QED) is 0.684. The number of halogens is 1. The van der Waals surface area contributed by atoms with Gasteiger partial charge in [-0.2, -0.15) is 4.98 Å². The van der Waals surface area contributed by atoms with Gasteiger partial charge in [0, 0.05) is 6.20 Å². The van der Waals surface area contributed by atoms with Crippen LogP contribution in [0, 0.1) is 13.8 Å². The maximum Gasteiger partial charge on any atom is 0.218 e. The molecule has 2 aromatic heterocycles. The average Bonchev–Trinajstić information content (AvgIpc) is 2.41. The van der Waals surface area contributed by atoms with E-state index in [1.165, 1.54) is 0 Å². The molecular formula is C7H7BrN4. The summed E-state index contributed by atoms with van der Waals surface area (Å²) < 4.78 is 2.37. The standard InChI is InChI=1S/C7H7BrN4/c1-4-3-9-5(2)6-10-7(8)11-12(4)6/h3H,1-2H3. The van der Waals surface area contributed by atoms with E-state index in [0.29, 0.717) is 4.73 Å². The van der Waals surface area contributed by atoms with Gasteiger partial charge in [-0.05, 0) is 29.8 Å². The third kappa shape index (κ3) is 1.01. The van der Waals surface area contributed by atoms with Gasteiger partial charge in [0.05, 0.1) is 11.4 Å². The first-order valence-corrected chi connectivity index (χ1v) is 4.32. The van der Waals surface area contributed by atoms with E-state index in [1.807, 2.05) is 13.8 Å². The normalized spacial score (nSPS) is 10.9. The van der Waals surface area contributed by atoms with Crippen LogP contribution >= 0.6 is 15.9 Å². The van der Waals surface area contributed by atoms with E-state index < -0.39 is 0 Å². The average molecular weight is 227 g/mol. The number of nitrogens with zero attached hydrogens (tertiary/aromatic N) is 4. The van der Waals surface area contributed by atoms with Gasteiger partial charge in [0.1, 0.15) is 0 Å². The van der Waals surface area contributed by atoms with E-state index in [4.69, 9.17) is 0 Å². The highest BCUT2D eigenvalue weighted by atomic mass is 79.9. The van der Waals surface area contributed by atoms with Crippen molar-refractivity contribution in [1.82, 2.24) is 19.6 Å². The smallest absolute Gasteiger partial charge is 0.218 e. The Morgan fingerprint density at radius 2 is 2.17 bits per heavy atom. The lowest BCUT2D eigenvalue weighted by Gasteiger charge is -1.97. The maximum atomic E-state index is 4.18. The van der Waals surface area contributed by atoms with E-state index in [9.17, 15) is 0 Å². The molecule has 0 radical (unpaired) electrons. The van der Waals surface area contributed by atoms with Crippen LogP contribution in [0.1, 0.15) is 11.4 Å². The van der Waals surface area contributed by atoms with Gasteiger partial charge >= 0.3 is 0 Å². The van der Waals surface area contributed by atoms with Crippen LogP contribution in [0.2, 0.25) is 0 Å². The van der Waals surface area contributed by atoms with Crippen molar-refractivity contribution < 1.29 is 0 Å². The third-order valence-corrected chi connectivity index (χ3v) is 2.02. The fraction of sp³-hybridized carbons (Fsp3) is 0.286. The molecule has 0 bridgehead atoms. The molecule has 0 spiro atoms. The van der Waals surface area contributed by atoms with Crippen molar-refractivity contribution in [3.05, 3.63) is 22.3 Å². The Morgan fingerprint density at radius 1 is 1.42 bits per heavy atom. The molecule has 0 saturated heterocycles. The molecule has 0 atom stereocenters. The predicted molar refractivity (Wildman–Crippen MR) is 48.0 cm³/mol. The van der Waals surface area contributed by atoms with Gasteiger partial charge in [-0.1, -0.05) is 0 Å². The lowest BCUT2D eigenvalue weighted by atomic mass is 10.4. The highest BCUT2D eigenvalue weighted by Crippen LogP contribution is 2.10. The molecule has 0 aliphatic carbocycles. The summed E-state index contributed by atoms with van der Waals surface area (Å²) in [6.07, 6.45) is 1.78. The molecule has 5 heteroatoms. The molecule has 0 amide bonds. The highest BCUT2D eigenvalue weighted by Gasteiger charge is 2.05. The van der Waals surface area contributed by atoms with Crippen LogP contribution in [-0.2, 0) is 0 Å². The maximum absolute atomic E-state index is 4.18. The summed E-state index contributed by atoms with van der Waals surface area (Å²) in [6, 6.07) is 0. The second kappa shape index (κ2) is 2.52. The van der Waals surface area contributed by atoms with E-state index >= 15 is 0 Å². The summed E-state index contributed by atoms with van der Waals surface area (Å²) in [6.45, 7) is 3.86. The van der Waals surface area contributed by atoms with Crippen molar-refractivity contribution in [3.8, 4) is 0 Å². The SMILES string of the molecule is Cc1ncc(C)n2nc(Br)nc12. The Hall–Kier alpha value is -0.970. The van der Waals surface area contributed by atoms with Gasteiger partial charge in [0.25, 0.3) is 0 Å². The Labute approximate surface area is 77.8 Å². The van der Waals surface area contributed by atoms with E-state index in [2.05, 4.69) is 31.0 Å². The molecule has 0 aliphatic heterocycles. The predicted octanol–water partition coefficient (Wildman–Crippen LogP) is 1.50. The van der Waals surface area contributed by atoms with E-state index in [0.717, 1.165) is 17.0 Å². The van der Waals surface area contributed by atoms with Crippen molar-refractivity contribution in [2.75, 3.05) is 0 Å². The van der Waals surface area contributed by atoms with Crippen LogP contribution in [0.4, 0.5) is 0 Å². The van der Waals surface area contributed by atoms with Crippen LogP contribution in [0.25, 0.3) is 5.65 Å². The molecule has 0 aromatic carbocycles. The van der Waals surface area contributed by atoms with Crippen molar-refractivity contribution in [2.45, 2.75) is 13.8 Å². The fourth-order valence-electron chi connectivity index (χ4n) is 1.07. The number of aryl methyl sites for hydroxylation is 2. The molecule has 0 saturated carbocycles. The second-order valence-electron chi connectivity index (χ2n) is 2.60. The number of hydrogen-bond acceptors (Lipinski definition) is 3. The van der Waals surface area contributed by atoms with Crippen LogP contribution in [0.3, 0.4) is 0 Å². The molecule has 0 N–H and O–H groups in total. The number of fused-ring (bicyclic) bond motifs is 1. The first-order valence-electron chi connectivity index (χ1n) is 3.53. The Balaban J connectivity index is 2.93. The topological polar surface area (TPSA) is 43.1 Å². The Morgan fingerprint density at radius 3 is 2.83 bits per heavy atom. The molecule has 0 unspecified atom stereocenters. The molecule has 0 fully saturated rings. The van der Waals surface area contributed by atoms with Gasteiger partial charge in [0.15, 0.2) is 5.65 Å². The Bertz CT molecular complexity index is 395. The minimum atomic E-state index is 0.599. The number of rotatable bonds is 0. The summed E-state index contributed by atoms with van der Waals surface area (Å²) in [5.41, 5.74) is 2.68. The van der Waals surface area contributed by atoms with E-state index in [-0.39, 0.29) is 0 Å². The highest BCUT2D eigenvalue weighted by molar-refractivity contribution is 9.10. The second-order valence-corrected chi connectivity index (χ2v) is 3.31. The van der Waals surface area contributed by atoms with Crippen LogP contribution in [0.5, 0.6) is 0 Å². The third-order valence-electron chi connectivity index (χ3n) is 1.68.